The molecule has 0 aromatic heterocycles. The predicted octanol–water partition coefficient (Wildman–Crippen LogP) is 2.44. The molecule has 0 amide bonds. The molecule has 0 aliphatic rings. The molecule has 2 heteroatoms. The van der Waals surface area contributed by atoms with Crippen LogP contribution in [0, 0.1) is 5.92 Å². The number of ether oxygens (including phenoxy) is 1. The SMILES string of the molecule is CCC(CC)C(C)NCCCOC. The highest BCUT2D eigenvalue weighted by Crippen LogP contribution is 2.12. The summed E-state index contributed by atoms with van der Waals surface area (Å²) >= 11 is 0. The van der Waals surface area contributed by atoms with Gasteiger partial charge in [0.2, 0.25) is 0 Å². The zero-order chi connectivity index (χ0) is 10.1. The quantitative estimate of drug-likeness (QED) is 0.589. The zero-order valence-electron chi connectivity index (χ0n) is 9.60. The van der Waals surface area contributed by atoms with E-state index in [2.05, 4.69) is 26.1 Å². The molecule has 2 nitrogen and oxygen atoms in total. The van der Waals surface area contributed by atoms with Gasteiger partial charge in [-0.05, 0) is 25.8 Å². The van der Waals surface area contributed by atoms with Crippen LogP contribution in [-0.4, -0.2) is 26.3 Å². The largest absolute Gasteiger partial charge is 0.385 e. The Hall–Kier alpha value is -0.0800. The Morgan fingerprint density at radius 1 is 1.23 bits per heavy atom. The molecule has 0 aromatic rings. The summed E-state index contributed by atoms with van der Waals surface area (Å²) in [4.78, 5) is 0. The van der Waals surface area contributed by atoms with Crippen molar-refractivity contribution in [1.82, 2.24) is 5.32 Å². The lowest BCUT2D eigenvalue weighted by molar-refractivity contribution is 0.191. The molecule has 0 spiro atoms. The lowest BCUT2D eigenvalue weighted by Gasteiger charge is -2.22. The number of methoxy groups -OCH3 is 1. The molecule has 0 aliphatic carbocycles. The van der Waals surface area contributed by atoms with Gasteiger partial charge in [0, 0.05) is 19.8 Å². The normalized spacial score (nSPS) is 13.6. The average molecular weight is 187 g/mol. The van der Waals surface area contributed by atoms with Gasteiger partial charge in [0.25, 0.3) is 0 Å². The van der Waals surface area contributed by atoms with Crippen LogP contribution in [0.1, 0.15) is 40.0 Å². The molecule has 0 bridgehead atoms. The average Bonchev–Trinajstić information content (AvgIpc) is 2.14. The van der Waals surface area contributed by atoms with E-state index in [9.17, 15) is 0 Å². The molecule has 1 atom stereocenters. The minimum absolute atomic E-state index is 0.645. The van der Waals surface area contributed by atoms with E-state index in [1.807, 2.05) is 0 Å². The number of hydrogen-bond acceptors (Lipinski definition) is 2. The summed E-state index contributed by atoms with van der Waals surface area (Å²) in [5.41, 5.74) is 0. The van der Waals surface area contributed by atoms with Crippen LogP contribution in [0.15, 0.2) is 0 Å². The first-order chi connectivity index (χ1) is 6.26. The molecule has 1 unspecified atom stereocenters. The van der Waals surface area contributed by atoms with Crippen molar-refractivity contribution < 1.29 is 4.74 Å². The standard InChI is InChI=1S/C11H25NO/c1-5-11(6-2)10(3)12-8-7-9-13-4/h10-12H,5-9H2,1-4H3. The fraction of sp³-hybridized carbons (Fsp3) is 1.00. The second-order valence-corrected chi connectivity index (χ2v) is 3.67. The molecule has 80 valence electrons. The van der Waals surface area contributed by atoms with Crippen molar-refractivity contribution >= 4 is 0 Å². The minimum atomic E-state index is 0.645. The van der Waals surface area contributed by atoms with E-state index in [-0.39, 0.29) is 0 Å². The highest BCUT2D eigenvalue weighted by atomic mass is 16.5. The Kier molecular flexibility index (Phi) is 8.46. The highest BCUT2D eigenvalue weighted by molar-refractivity contribution is 4.69. The van der Waals surface area contributed by atoms with Crippen molar-refractivity contribution in [2.24, 2.45) is 5.92 Å². The van der Waals surface area contributed by atoms with Crippen molar-refractivity contribution in [1.29, 1.82) is 0 Å². The summed E-state index contributed by atoms with van der Waals surface area (Å²) in [6, 6.07) is 0.645. The van der Waals surface area contributed by atoms with E-state index >= 15 is 0 Å². The predicted molar refractivity (Wildman–Crippen MR) is 58.0 cm³/mol. The minimum Gasteiger partial charge on any atom is -0.385 e. The Morgan fingerprint density at radius 3 is 2.31 bits per heavy atom. The molecular weight excluding hydrogens is 162 g/mol. The third kappa shape index (κ3) is 6.05. The first kappa shape index (κ1) is 12.9. The monoisotopic (exact) mass is 187 g/mol. The van der Waals surface area contributed by atoms with Gasteiger partial charge < -0.3 is 10.1 Å². The summed E-state index contributed by atoms with van der Waals surface area (Å²) in [6.07, 6.45) is 3.66. The Labute approximate surface area is 83.1 Å². The molecule has 1 N–H and O–H groups in total. The maximum Gasteiger partial charge on any atom is 0.0474 e. The molecule has 0 rings (SSSR count). The van der Waals surface area contributed by atoms with Crippen LogP contribution < -0.4 is 5.32 Å². The van der Waals surface area contributed by atoms with Crippen LogP contribution in [-0.2, 0) is 4.74 Å². The molecule has 13 heavy (non-hydrogen) atoms. The van der Waals surface area contributed by atoms with Gasteiger partial charge in [0.05, 0.1) is 0 Å². The van der Waals surface area contributed by atoms with Gasteiger partial charge in [-0.1, -0.05) is 26.7 Å². The van der Waals surface area contributed by atoms with E-state index in [1.54, 1.807) is 7.11 Å². The van der Waals surface area contributed by atoms with Crippen LogP contribution in [0.4, 0.5) is 0 Å². The maximum absolute atomic E-state index is 5.00. The van der Waals surface area contributed by atoms with Gasteiger partial charge >= 0.3 is 0 Å². The molecule has 0 aromatic carbocycles. The Bertz CT molecular complexity index is 102. The van der Waals surface area contributed by atoms with Crippen LogP contribution in [0.25, 0.3) is 0 Å². The van der Waals surface area contributed by atoms with Crippen molar-refractivity contribution in [3.63, 3.8) is 0 Å². The fourth-order valence-electron chi connectivity index (χ4n) is 1.71. The first-order valence-electron chi connectivity index (χ1n) is 5.48. The van der Waals surface area contributed by atoms with Gasteiger partial charge in [0.15, 0.2) is 0 Å². The van der Waals surface area contributed by atoms with Gasteiger partial charge in [-0.3, -0.25) is 0 Å². The van der Waals surface area contributed by atoms with Crippen molar-refractivity contribution in [3.05, 3.63) is 0 Å². The van der Waals surface area contributed by atoms with Crippen LogP contribution in [0.5, 0.6) is 0 Å². The third-order valence-corrected chi connectivity index (χ3v) is 2.75. The first-order valence-corrected chi connectivity index (χ1v) is 5.48. The van der Waals surface area contributed by atoms with E-state index in [0.29, 0.717) is 6.04 Å². The van der Waals surface area contributed by atoms with Crippen molar-refractivity contribution in [2.75, 3.05) is 20.3 Å². The van der Waals surface area contributed by atoms with Crippen LogP contribution in [0.2, 0.25) is 0 Å². The zero-order valence-corrected chi connectivity index (χ0v) is 9.60. The smallest absolute Gasteiger partial charge is 0.0474 e. The summed E-state index contributed by atoms with van der Waals surface area (Å²) < 4.78 is 5.00. The summed E-state index contributed by atoms with van der Waals surface area (Å²) in [5.74, 6) is 0.822. The van der Waals surface area contributed by atoms with E-state index < -0.39 is 0 Å². The topological polar surface area (TPSA) is 21.3 Å². The van der Waals surface area contributed by atoms with E-state index in [0.717, 1.165) is 25.5 Å². The van der Waals surface area contributed by atoms with E-state index in [4.69, 9.17) is 4.74 Å². The third-order valence-electron chi connectivity index (χ3n) is 2.75. The number of rotatable bonds is 8. The maximum atomic E-state index is 5.00. The summed E-state index contributed by atoms with van der Waals surface area (Å²) in [5, 5.41) is 3.54. The molecule has 0 fully saturated rings. The number of nitrogens with one attached hydrogen (secondary N) is 1. The van der Waals surface area contributed by atoms with Crippen LogP contribution >= 0.6 is 0 Å². The van der Waals surface area contributed by atoms with Gasteiger partial charge in [-0.2, -0.15) is 0 Å². The summed E-state index contributed by atoms with van der Waals surface area (Å²) in [6.45, 7) is 8.75. The molecule has 0 aliphatic heterocycles. The van der Waals surface area contributed by atoms with Crippen molar-refractivity contribution in [2.45, 2.75) is 46.1 Å². The lowest BCUT2D eigenvalue weighted by Crippen LogP contribution is -2.34. The Balaban J connectivity index is 3.42. The highest BCUT2D eigenvalue weighted by Gasteiger charge is 2.11. The lowest BCUT2D eigenvalue weighted by atomic mass is 9.95. The Morgan fingerprint density at radius 2 is 1.85 bits per heavy atom. The molecule has 0 saturated heterocycles. The van der Waals surface area contributed by atoms with Gasteiger partial charge in [0.1, 0.15) is 0 Å². The second kappa shape index (κ2) is 8.52. The molecular formula is C11H25NO. The van der Waals surface area contributed by atoms with Gasteiger partial charge in [-0.15, -0.1) is 0 Å². The van der Waals surface area contributed by atoms with Gasteiger partial charge in [-0.25, -0.2) is 0 Å². The number of hydrogen-bond donors (Lipinski definition) is 1. The molecule has 0 radical (unpaired) electrons. The molecule has 0 heterocycles. The van der Waals surface area contributed by atoms with Crippen LogP contribution in [0.3, 0.4) is 0 Å². The second-order valence-electron chi connectivity index (χ2n) is 3.67. The van der Waals surface area contributed by atoms with E-state index in [1.165, 1.54) is 12.8 Å². The molecule has 0 saturated carbocycles. The van der Waals surface area contributed by atoms with Crippen molar-refractivity contribution in [3.8, 4) is 0 Å². The summed E-state index contributed by atoms with van der Waals surface area (Å²) in [7, 11) is 1.75. The fourth-order valence-corrected chi connectivity index (χ4v) is 1.71.